The molecule has 2 aliphatic rings. The lowest BCUT2D eigenvalue weighted by atomic mass is 10.1. The number of hydrogen-bond donors (Lipinski definition) is 4. The smallest absolute Gasteiger partial charge is 0.181 e. The summed E-state index contributed by atoms with van der Waals surface area (Å²) in [7, 11) is 0. The molecule has 10 heteroatoms. The molecule has 0 bridgehead atoms. The lowest BCUT2D eigenvalue weighted by molar-refractivity contribution is 0.231. The van der Waals surface area contributed by atoms with Crippen LogP contribution in [0.1, 0.15) is 54.7 Å². The van der Waals surface area contributed by atoms with Crippen LogP contribution in [0.4, 0.5) is 5.82 Å². The van der Waals surface area contributed by atoms with Gasteiger partial charge in [0.2, 0.25) is 0 Å². The maximum atomic E-state index is 6.04. The molecule has 37 heavy (non-hydrogen) atoms. The molecule has 1 saturated carbocycles. The number of anilines is 1. The molecule has 0 amide bonds. The molecular formula is C27H37ClN8O. The minimum Gasteiger partial charge on any atom is -0.470 e. The molecule has 4 N–H and O–H groups in total. The predicted octanol–water partition coefficient (Wildman–Crippen LogP) is 5.04. The van der Waals surface area contributed by atoms with Crippen molar-refractivity contribution in [2.45, 2.75) is 52.0 Å². The number of aliphatic imine (C=N–C) groups is 2. The quantitative estimate of drug-likeness (QED) is 0.143. The molecule has 0 aromatic carbocycles. The van der Waals surface area contributed by atoms with Gasteiger partial charge in [-0.2, -0.15) is 5.10 Å². The van der Waals surface area contributed by atoms with E-state index in [-0.39, 0.29) is 6.73 Å². The van der Waals surface area contributed by atoms with Gasteiger partial charge >= 0.3 is 0 Å². The SMILES string of the molecule is C=N/C(=C\C(=N/COC(/C=C\c1[nH]c(C)cc1C)=C\Cl)N1CCNC(CC)C1)Nc1cc(C2CC2)[nH]n1. The molecule has 1 aliphatic carbocycles. The largest absolute Gasteiger partial charge is 0.470 e. The fourth-order valence-corrected chi connectivity index (χ4v) is 4.44. The number of rotatable bonds is 11. The zero-order valence-electron chi connectivity index (χ0n) is 21.9. The molecule has 1 unspecified atom stereocenters. The summed E-state index contributed by atoms with van der Waals surface area (Å²) in [4.78, 5) is 14.5. The van der Waals surface area contributed by atoms with Crippen molar-refractivity contribution < 1.29 is 4.74 Å². The molecule has 1 atom stereocenters. The Morgan fingerprint density at radius 3 is 2.86 bits per heavy atom. The molecule has 2 aromatic heterocycles. The van der Waals surface area contributed by atoms with Crippen molar-refractivity contribution in [2.24, 2.45) is 9.98 Å². The van der Waals surface area contributed by atoms with Gasteiger partial charge in [0.25, 0.3) is 0 Å². The van der Waals surface area contributed by atoms with Gasteiger partial charge in [0, 0.05) is 66.4 Å². The molecule has 0 spiro atoms. The number of H-pyrrole nitrogens is 2. The van der Waals surface area contributed by atoms with Crippen LogP contribution in [0.5, 0.6) is 0 Å². The Balaban J connectivity index is 1.48. The minimum atomic E-state index is 0.108. The van der Waals surface area contributed by atoms with Gasteiger partial charge in [0.15, 0.2) is 12.5 Å². The van der Waals surface area contributed by atoms with Crippen molar-refractivity contribution in [3.8, 4) is 0 Å². The second-order valence-electron chi connectivity index (χ2n) is 9.48. The molecule has 1 aliphatic heterocycles. The average Bonchev–Trinajstić information content (AvgIpc) is 3.57. The minimum absolute atomic E-state index is 0.108. The first-order valence-corrected chi connectivity index (χ1v) is 13.2. The zero-order valence-corrected chi connectivity index (χ0v) is 22.6. The third-order valence-corrected chi connectivity index (χ3v) is 6.76. The van der Waals surface area contributed by atoms with E-state index in [9.17, 15) is 0 Å². The van der Waals surface area contributed by atoms with E-state index in [1.807, 2.05) is 31.2 Å². The lowest BCUT2D eigenvalue weighted by Crippen LogP contribution is -2.52. The van der Waals surface area contributed by atoms with Crippen LogP contribution in [-0.2, 0) is 4.74 Å². The van der Waals surface area contributed by atoms with E-state index >= 15 is 0 Å². The number of nitrogens with one attached hydrogen (secondary N) is 4. The third kappa shape index (κ3) is 7.60. The van der Waals surface area contributed by atoms with Gasteiger partial charge in [-0.3, -0.25) is 5.10 Å². The number of aryl methyl sites for hydroxylation is 2. The summed E-state index contributed by atoms with van der Waals surface area (Å²) < 4.78 is 5.89. The highest BCUT2D eigenvalue weighted by atomic mass is 35.5. The van der Waals surface area contributed by atoms with Crippen LogP contribution in [0, 0.1) is 13.8 Å². The number of ether oxygens (including phenoxy) is 1. The summed E-state index contributed by atoms with van der Waals surface area (Å²) in [6, 6.07) is 4.52. The fourth-order valence-electron chi connectivity index (χ4n) is 4.30. The van der Waals surface area contributed by atoms with Crippen molar-refractivity contribution in [3.63, 3.8) is 0 Å². The normalized spacial score (nSPS) is 19.5. The summed E-state index contributed by atoms with van der Waals surface area (Å²) in [6.45, 7) is 12.7. The molecule has 9 nitrogen and oxygen atoms in total. The van der Waals surface area contributed by atoms with Crippen LogP contribution in [0.2, 0.25) is 0 Å². The number of hydrogen-bond acceptors (Lipinski definition) is 6. The first-order valence-electron chi connectivity index (χ1n) is 12.8. The topological polar surface area (TPSA) is 106 Å². The zero-order chi connectivity index (χ0) is 26.2. The second-order valence-corrected chi connectivity index (χ2v) is 9.70. The third-order valence-electron chi connectivity index (χ3n) is 6.55. The highest BCUT2D eigenvalue weighted by Gasteiger charge is 2.25. The van der Waals surface area contributed by atoms with E-state index in [1.165, 1.54) is 18.4 Å². The van der Waals surface area contributed by atoms with E-state index < -0.39 is 0 Å². The molecular weight excluding hydrogens is 488 g/mol. The summed E-state index contributed by atoms with van der Waals surface area (Å²) in [5.41, 5.74) is 5.86. The Bertz CT molecular complexity index is 1190. The standard InChI is InChI=1S/C27H37ClN8O/c1-5-21-16-36(11-10-30-21)27(14-25(29-4)33-26-13-24(34-35-26)20-6-7-20)31-17-37-22(15-28)8-9-23-18(2)12-19(3)32-23/h8-9,12-15,20-21,30,32H,4-7,10-11,16-17H2,1-3H3,(H2,33,34,35)/b9-8-,22-15-,25-14+,31-27+. The molecule has 1 saturated heterocycles. The number of aromatic amines is 2. The van der Waals surface area contributed by atoms with Crippen LogP contribution in [0.15, 0.2) is 51.4 Å². The second kappa shape index (κ2) is 12.8. The highest BCUT2D eigenvalue weighted by molar-refractivity contribution is 6.25. The summed E-state index contributed by atoms with van der Waals surface area (Å²) in [6.07, 6.45) is 9.13. The van der Waals surface area contributed by atoms with Crippen molar-refractivity contribution in [1.29, 1.82) is 0 Å². The van der Waals surface area contributed by atoms with Gasteiger partial charge in [0.1, 0.15) is 17.4 Å². The number of amidine groups is 1. The van der Waals surface area contributed by atoms with Gasteiger partial charge in [-0.1, -0.05) is 18.5 Å². The monoisotopic (exact) mass is 524 g/mol. The molecule has 2 fully saturated rings. The molecule has 198 valence electrons. The summed E-state index contributed by atoms with van der Waals surface area (Å²) in [5, 5.41) is 14.3. The average molecular weight is 525 g/mol. The summed E-state index contributed by atoms with van der Waals surface area (Å²) >= 11 is 6.04. The Hall–Kier alpha value is -3.30. The van der Waals surface area contributed by atoms with Crippen molar-refractivity contribution in [3.05, 3.63) is 64.0 Å². The molecule has 2 aromatic rings. The van der Waals surface area contributed by atoms with Crippen molar-refractivity contribution >= 4 is 36.0 Å². The molecule has 0 radical (unpaired) electrons. The highest BCUT2D eigenvalue weighted by Crippen LogP contribution is 2.39. The van der Waals surface area contributed by atoms with Crippen LogP contribution in [0.3, 0.4) is 0 Å². The molecule has 4 rings (SSSR count). The first kappa shape index (κ1) is 26.8. The van der Waals surface area contributed by atoms with E-state index in [2.05, 4.69) is 62.3 Å². The van der Waals surface area contributed by atoms with Gasteiger partial charge in [0.05, 0.1) is 0 Å². The number of halogens is 1. The van der Waals surface area contributed by atoms with Gasteiger partial charge in [-0.05, 0) is 63.6 Å². The predicted molar refractivity (Wildman–Crippen MR) is 152 cm³/mol. The maximum absolute atomic E-state index is 6.04. The van der Waals surface area contributed by atoms with E-state index in [0.29, 0.717) is 23.5 Å². The number of allylic oxidation sites excluding steroid dienone is 1. The van der Waals surface area contributed by atoms with Crippen LogP contribution in [0.25, 0.3) is 6.08 Å². The number of aromatic nitrogens is 3. The fraction of sp³-hybridized carbons (Fsp3) is 0.444. The number of nitrogens with zero attached hydrogens (tertiary/aromatic N) is 4. The van der Waals surface area contributed by atoms with Crippen LogP contribution < -0.4 is 10.6 Å². The Morgan fingerprint density at radius 2 is 2.19 bits per heavy atom. The molecule has 3 heterocycles. The van der Waals surface area contributed by atoms with E-state index in [1.54, 1.807) is 0 Å². The van der Waals surface area contributed by atoms with Crippen LogP contribution >= 0.6 is 11.6 Å². The Morgan fingerprint density at radius 1 is 1.35 bits per heavy atom. The van der Waals surface area contributed by atoms with Gasteiger partial charge < -0.3 is 25.3 Å². The van der Waals surface area contributed by atoms with Gasteiger partial charge in [-0.25, -0.2) is 9.98 Å². The van der Waals surface area contributed by atoms with Crippen molar-refractivity contribution in [1.82, 2.24) is 25.4 Å². The van der Waals surface area contributed by atoms with Crippen LogP contribution in [-0.4, -0.2) is 65.0 Å². The van der Waals surface area contributed by atoms with E-state index in [4.69, 9.17) is 21.3 Å². The summed E-state index contributed by atoms with van der Waals surface area (Å²) in [5.74, 6) is 3.18. The lowest BCUT2D eigenvalue weighted by Gasteiger charge is -2.34. The van der Waals surface area contributed by atoms with Crippen molar-refractivity contribution in [2.75, 3.05) is 31.7 Å². The first-order chi connectivity index (χ1) is 18.0. The van der Waals surface area contributed by atoms with Gasteiger partial charge in [-0.15, -0.1) is 0 Å². The maximum Gasteiger partial charge on any atom is 0.181 e. The number of piperazine rings is 1. The van der Waals surface area contributed by atoms with E-state index in [0.717, 1.165) is 60.4 Å². The Kier molecular flexibility index (Phi) is 9.24. The Labute approximate surface area is 223 Å².